The number of ether oxygens (including phenoxy) is 1. The number of furan rings is 1. The molecule has 1 atom stereocenters. The Morgan fingerprint density at radius 2 is 1.69 bits per heavy atom. The molecule has 0 radical (unpaired) electrons. The number of nitrogens with one attached hydrogen (secondary N) is 1. The van der Waals surface area contributed by atoms with Crippen LogP contribution in [0, 0.1) is 0 Å². The number of halogens is 1. The van der Waals surface area contributed by atoms with Gasteiger partial charge in [-0.3, -0.25) is 9.69 Å². The van der Waals surface area contributed by atoms with Crippen molar-refractivity contribution in [1.29, 1.82) is 0 Å². The second-order valence-corrected chi connectivity index (χ2v) is 10.2. The zero-order chi connectivity index (χ0) is 22.6. The Hall–Kier alpha value is -2.46. The van der Waals surface area contributed by atoms with Crippen molar-refractivity contribution in [3.63, 3.8) is 0 Å². The molecule has 0 saturated carbocycles. The molecule has 1 N–H and O–H groups in total. The van der Waals surface area contributed by atoms with Crippen molar-refractivity contribution in [3.05, 3.63) is 82.5 Å². The average molecular weight is 519 g/mol. The van der Waals surface area contributed by atoms with Crippen LogP contribution in [0.2, 0.25) is 0 Å². The lowest BCUT2D eigenvalue weighted by atomic mass is 10.0. The minimum atomic E-state index is -3.85. The molecular formula is C23H23BrN2O5S. The monoisotopic (exact) mass is 518 g/mol. The first-order valence-corrected chi connectivity index (χ1v) is 12.5. The Balaban J connectivity index is 1.47. The topological polar surface area (TPSA) is 88.9 Å². The Labute approximate surface area is 195 Å². The van der Waals surface area contributed by atoms with Gasteiger partial charge in [0.2, 0.25) is 14.9 Å². The first-order valence-electron chi connectivity index (χ1n) is 10.2. The lowest BCUT2D eigenvalue weighted by Gasteiger charge is -2.34. The van der Waals surface area contributed by atoms with Crippen LogP contribution in [0.5, 0.6) is 0 Å². The van der Waals surface area contributed by atoms with E-state index in [-0.39, 0.29) is 21.8 Å². The van der Waals surface area contributed by atoms with Crippen molar-refractivity contribution in [2.75, 3.05) is 32.8 Å². The maximum Gasteiger partial charge on any atom is 0.287 e. The smallest absolute Gasteiger partial charge is 0.287 e. The quantitative estimate of drug-likeness (QED) is 0.513. The Bertz CT molecular complexity index is 1160. The third kappa shape index (κ3) is 5.12. The van der Waals surface area contributed by atoms with Crippen molar-refractivity contribution < 1.29 is 22.4 Å². The van der Waals surface area contributed by atoms with Crippen LogP contribution in [-0.4, -0.2) is 52.1 Å². The van der Waals surface area contributed by atoms with Crippen molar-refractivity contribution in [2.45, 2.75) is 16.0 Å². The van der Waals surface area contributed by atoms with Crippen LogP contribution in [0.25, 0.3) is 0 Å². The van der Waals surface area contributed by atoms with Crippen LogP contribution in [0.1, 0.15) is 22.2 Å². The molecule has 3 aromatic rings. The van der Waals surface area contributed by atoms with Gasteiger partial charge in [0, 0.05) is 24.1 Å². The largest absolute Gasteiger partial charge is 0.439 e. The van der Waals surface area contributed by atoms with E-state index in [9.17, 15) is 13.2 Å². The van der Waals surface area contributed by atoms with Gasteiger partial charge in [0.25, 0.3) is 5.91 Å². The highest BCUT2D eigenvalue weighted by atomic mass is 79.9. The summed E-state index contributed by atoms with van der Waals surface area (Å²) in [4.78, 5) is 15.1. The molecule has 1 amide bonds. The Kier molecular flexibility index (Phi) is 7.10. The van der Waals surface area contributed by atoms with E-state index in [1.165, 1.54) is 24.3 Å². The van der Waals surface area contributed by atoms with Gasteiger partial charge in [-0.1, -0.05) is 46.3 Å². The summed E-state index contributed by atoms with van der Waals surface area (Å²) in [7, 11) is -3.85. The van der Waals surface area contributed by atoms with Crippen LogP contribution in [0.15, 0.2) is 85.6 Å². The van der Waals surface area contributed by atoms with Gasteiger partial charge in [-0.15, -0.1) is 0 Å². The number of carbonyl (C=O) groups is 1. The molecule has 7 nitrogen and oxygen atoms in total. The van der Waals surface area contributed by atoms with E-state index < -0.39 is 15.7 Å². The summed E-state index contributed by atoms with van der Waals surface area (Å²) >= 11 is 3.28. The average Bonchev–Trinajstić information content (AvgIpc) is 3.32. The SMILES string of the molecule is O=C(NCC(c1ccccc1)N1CCOCC1)c1ccc(S(=O)(=O)c2ccc(Br)cc2)o1. The molecule has 2 aromatic carbocycles. The third-order valence-corrected chi connectivity index (χ3v) is 7.49. The zero-order valence-electron chi connectivity index (χ0n) is 17.2. The van der Waals surface area contributed by atoms with E-state index in [4.69, 9.17) is 9.15 Å². The van der Waals surface area contributed by atoms with Crippen molar-refractivity contribution in [2.24, 2.45) is 0 Å². The van der Waals surface area contributed by atoms with Crippen molar-refractivity contribution >= 4 is 31.7 Å². The molecule has 1 fully saturated rings. The highest BCUT2D eigenvalue weighted by molar-refractivity contribution is 9.10. The summed E-state index contributed by atoms with van der Waals surface area (Å²) in [5, 5.41) is 2.62. The van der Waals surface area contributed by atoms with E-state index >= 15 is 0 Å². The fraction of sp³-hybridized carbons (Fsp3) is 0.261. The van der Waals surface area contributed by atoms with Crippen LogP contribution in [0.4, 0.5) is 0 Å². The van der Waals surface area contributed by atoms with Gasteiger partial charge in [-0.25, -0.2) is 8.42 Å². The van der Waals surface area contributed by atoms with Crippen LogP contribution in [-0.2, 0) is 14.6 Å². The van der Waals surface area contributed by atoms with Crippen LogP contribution < -0.4 is 5.32 Å². The molecule has 1 aliphatic heterocycles. The van der Waals surface area contributed by atoms with Crippen LogP contribution >= 0.6 is 15.9 Å². The summed E-state index contributed by atoms with van der Waals surface area (Å²) in [6, 6.07) is 18.9. The van der Waals surface area contributed by atoms with Gasteiger partial charge >= 0.3 is 0 Å². The standard InChI is InChI=1S/C23H23BrN2O5S/c24-18-6-8-19(9-7-18)32(28,29)22-11-10-21(31-22)23(27)25-16-20(17-4-2-1-3-5-17)26-12-14-30-15-13-26/h1-11,20H,12-16H2,(H,25,27). The number of rotatable bonds is 7. The molecule has 2 heterocycles. The van der Waals surface area contributed by atoms with E-state index in [0.717, 1.165) is 23.1 Å². The molecule has 0 aliphatic carbocycles. The van der Waals surface area contributed by atoms with E-state index in [1.54, 1.807) is 12.1 Å². The number of amides is 1. The van der Waals surface area contributed by atoms with E-state index in [2.05, 4.69) is 26.1 Å². The minimum Gasteiger partial charge on any atom is -0.439 e. The summed E-state index contributed by atoms with van der Waals surface area (Å²) < 4.78 is 37.2. The lowest BCUT2D eigenvalue weighted by molar-refractivity contribution is 0.0161. The number of morpholine rings is 1. The highest BCUT2D eigenvalue weighted by Gasteiger charge is 2.26. The molecule has 1 aromatic heterocycles. The highest BCUT2D eigenvalue weighted by Crippen LogP contribution is 2.25. The number of carbonyl (C=O) groups excluding carboxylic acids is 1. The first-order chi connectivity index (χ1) is 15.4. The second kappa shape index (κ2) is 9.99. The van der Waals surface area contributed by atoms with Gasteiger partial charge in [-0.2, -0.15) is 0 Å². The molecule has 1 unspecified atom stereocenters. The summed E-state index contributed by atoms with van der Waals surface area (Å²) in [6.07, 6.45) is 0. The number of sulfone groups is 1. The molecule has 1 saturated heterocycles. The molecule has 168 valence electrons. The molecule has 1 aliphatic rings. The summed E-state index contributed by atoms with van der Waals surface area (Å²) in [5.74, 6) is -0.508. The molecule has 9 heteroatoms. The Morgan fingerprint density at radius 3 is 2.38 bits per heavy atom. The first kappa shape index (κ1) is 22.7. The maximum absolute atomic E-state index is 12.8. The van der Waals surface area contributed by atoms with E-state index in [1.807, 2.05) is 30.3 Å². The maximum atomic E-state index is 12.8. The normalized spacial score (nSPS) is 15.9. The number of benzene rings is 2. The van der Waals surface area contributed by atoms with Gasteiger partial charge in [-0.05, 0) is 42.0 Å². The molecular weight excluding hydrogens is 496 g/mol. The molecule has 0 spiro atoms. The number of hydrogen-bond donors (Lipinski definition) is 1. The van der Waals surface area contributed by atoms with Gasteiger partial charge in [0.1, 0.15) is 0 Å². The zero-order valence-corrected chi connectivity index (χ0v) is 19.6. The summed E-state index contributed by atoms with van der Waals surface area (Å²) in [6.45, 7) is 3.19. The number of nitrogens with zero attached hydrogens (tertiary/aromatic N) is 1. The van der Waals surface area contributed by atoms with Crippen molar-refractivity contribution in [1.82, 2.24) is 10.2 Å². The van der Waals surface area contributed by atoms with Crippen LogP contribution in [0.3, 0.4) is 0 Å². The van der Waals surface area contributed by atoms with Gasteiger partial charge < -0.3 is 14.5 Å². The predicted octanol–water partition coefficient (Wildman–Crippen LogP) is 3.68. The van der Waals surface area contributed by atoms with Gasteiger partial charge in [0.05, 0.1) is 24.2 Å². The lowest BCUT2D eigenvalue weighted by Crippen LogP contribution is -2.43. The fourth-order valence-corrected chi connectivity index (χ4v) is 5.05. The minimum absolute atomic E-state index is 0.0232. The molecule has 32 heavy (non-hydrogen) atoms. The van der Waals surface area contributed by atoms with E-state index in [0.29, 0.717) is 19.8 Å². The third-order valence-electron chi connectivity index (χ3n) is 5.32. The van der Waals surface area contributed by atoms with Gasteiger partial charge in [0.15, 0.2) is 5.76 Å². The Morgan fingerprint density at radius 1 is 1.00 bits per heavy atom. The van der Waals surface area contributed by atoms with Crippen molar-refractivity contribution in [3.8, 4) is 0 Å². The molecule has 0 bridgehead atoms. The second-order valence-electron chi connectivity index (χ2n) is 7.36. The molecule has 4 rings (SSSR count). The number of hydrogen-bond acceptors (Lipinski definition) is 6. The summed E-state index contributed by atoms with van der Waals surface area (Å²) in [5.41, 5.74) is 1.09. The fourth-order valence-electron chi connectivity index (χ4n) is 3.62. The predicted molar refractivity (Wildman–Crippen MR) is 122 cm³/mol.